The maximum atomic E-state index is 12.6. The van der Waals surface area contributed by atoms with E-state index < -0.39 is 11.7 Å². The molecule has 1 fully saturated rings. The Morgan fingerprint density at radius 1 is 1.11 bits per heavy atom. The number of hydrogen-bond acceptors (Lipinski definition) is 6. The number of pyridine rings is 1. The second-order valence-electron chi connectivity index (χ2n) is 5.80. The molecular formula is C17H17F3N6O. The van der Waals surface area contributed by atoms with Gasteiger partial charge in [-0.25, -0.2) is 15.0 Å². The summed E-state index contributed by atoms with van der Waals surface area (Å²) in [4.78, 5) is 27.6. The number of nitrogens with one attached hydrogen (secondary N) is 1. The molecule has 3 rings (SSSR count). The Hall–Kier alpha value is -3.17. The standard InChI is InChI=1S/C17H17F3N6O/c1-2-14(27)25-7-9-26(10-8-25)16-15(21-5-6-22-16)24-13-4-3-12(11-23-13)17(18,19)20/h2-6,11H,1,7-10H2,(H,21,23,24). The Bertz CT molecular complexity index is 816. The molecule has 3 heterocycles. The number of amides is 1. The molecule has 7 nitrogen and oxygen atoms in total. The van der Waals surface area contributed by atoms with E-state index in [1.54, 1.807) is 4.90 Å². The van der Waals surface area contributed by atoms with E-state index in [4.69, 9.17) is 0 Å². The average Bonchev–Trinajstić information content (AvgIpc) is 2.68. The molecule has 0 atom stereocenters. The summed E-state index contributed by atoms with van der Waals surface area (Å²) in [5.41, 5.74) is -0.824. The van der Waals surface area contributed by atoms with Crippen LogP contribution >= 0.6 is 0 Å². The molecule has 2 aromatic rings. The number of alkyl halides is 3. The molecule has 1 N–H and O–H groups in total. The highest BCUT2D eigenvalue weighted by atomic mass is 19.4. The van der Waals surface area contributed by atoms with Crippen molar-refractivity contribution < 1.29 is 18.0 Å². The third kappa shape index (κ3) is 4.33. The molecule has 27 heavy (non-hydrogen) atoms. The number of rotatable bonds is 4. The van der Waals surface area contributed by atoms with Crippen LogP contribution in [0.1, 0.15) is 5.56 Å². The Morgan fingerprint density at radius 2 is 1.81 bits per heavy atom. The van der Waals surface area contributed by atoms with E-state index in [0.717, 1.165) is 12.3 Å². The van der Waals surface area contributed by atoms with Crippen molar-refractivity contribution in [2.45, 2.75) is 6.18 Å². The predicted octanol–water partition coefficient (Wildman–Crippen LogP) is 2.47. The highest BCUT2D eigenvalue weighted by Crippen LogP contribution is 2.30. The minimum Gasteiger partial charge on any atom is -0.350 e. The van der Waals surface area contributed by atoms with Gasteiger partial charge < -0.3 is 15.1 Å². The molecule has 0 spiro atoms. The summed E-state index contributed by atoms with van der Waals surface area (Å²) in [6, 6.07) is 2.19. The normalized spacial score (nSPS) is 14.8. The second-order valence-corrected chi connectivity index (χ2v) is 5.80. The average molecular weight is 378 g/mol. The minimum absolute atomic E-state index is 0.124. The molecule has 2 aromatic heterocycles. The number of carbonyl (C=O) groups is 1. The van der Waals surface area contributed by atoms with Gasteiger partial charge >= 0.3 is 6.18 Å². The summed E-state index contributed by atoms with van der Waals surface area (Å²) >= 11 is 0. The maximum Gasteiger partial charge on any atom is 0.417 e. The van der Waals surface area contributed by atoms with Gasteiger partial charge in [-0.15, -0.1) is 0 Å². The lowest BCUT2D eigenvalue weighted by Crippen LogP contribution is -2.48. The van der Waals surface area contributed by atoms with Crippen molar-refractivity contribution in [1.29, 1.82) is 0 Å². The molecule has 10 heteroatoms. The first-order valence-electron chi connectivity index (χ1n) is 8.16. The smallest absolute Gasteiger partial charge is 0.350 e. The van der Waals surface area contributed by atoms with Crippen molar-refractivity contribution in [1.82, 2.24) is 19.9 Å². The lowest BCUT2D eigenvalue weighted by Gasteiger charge is -2.35. The van der Waals surface area contributed by atoms with Crippen molar-refractivity contribution in [2.24, 2.45) is 0 Å². The zero-order valence-electron chi connectivity index (χ0n) is 14.3. The summed E-state index contributed by atoms with van der Waals surface area (Å²) < 4.78 is 37.9. The summed E-state index contributed by atoms with van der Waals surface area (Å²) in [5.74, 6) is 1.03. The van der Waals surface area contributed by atoms with E-state index in [1.807, 2.05) is 4.90 Å². The van der Waals surface area contributed by atoms with Crippen LogP contribution in [-0.4, -0.2) is 51.9 Å². The molecule has 0 unspecified atom stereocenters. The van der Waals surface area contributed by atoms with E-state index >= 15 is 0 Å². The van der Waals surface area contributed by atoms with E-state index in [1.165, 1.54) is 24.5 Å². The largest absolute Gasteiger partial charge is 0.417 e. The predicted molar refractivity (Wildman–Crippen MR) is 93.5 cm³/mol. The fourth-order valence-corrected chi connectivity index (χ4v) is 2.67. The van der Waals surface area contributed by atoms with Gasteiger partial charge in [0.05, 0.1) is 5.56 Å². The van der Waals surface area contributed by atoms with Crippen LogP contribution in [-0.2, 0) is 11.0 Å². The third-order valence-corrected chi connectivity index (χ3v) is 4.08. The van der Waals surface area contributed by atoms with Crippen molar-refractivity contribution >= 4 is 23.4 Å². The summed E-state index contributed by atoms with van der Waals surface area (Å²) in [6.07, 6.45) is 0.612. The Balaban J connectivity index is 1.73. The number of halogens is 3. The van der Waals surface area contributed by atoms with Gasteiger partial charge in [0.1, 0.15) is 5.82 Å². The molecule has 0 saturated carbocycles. The number of nitrogens with zero attached hydrogens (tertiary/aromatic N) is 5. The van der Waals surface area contributed by atoms with Crippen LogP contribution in [0.15, 0.2) is 43.4 Å². The Kier molecular flexibility index (Phi) is 5.24. The first-order valence-corrected chi connectivity index (χ1v) is 8.16. The molecule has 1 aliphatic heterocycles. The Morgan fingerprint density at radius 3 is 2.41 bits per heavy atom. The first-order chi connectivity index (χ1) is 12.9. The number of anilines is 3. The highest BCUT2D eigenvalue weighted by Gasteiger charge is 2.30. The number of carbonyl (C=O) groups excluding carboxylic acids is 1. The molecule has 142 valence electrons. The third-order valence-electron chi connectivity index (χ3n) is 4.08. The summed E-state index contributed by atoms with van der Waals surface area (Å²) in [6.45, 7) is 5.61. The second kappa shape index (κ2) is 7.60. The molecule has 1 saturated heterocycles. The number of piperazine rings is 1. The van der Waals surface area contributed by atoms with Crippen LogP contribution in [0.25, 0.3) is 0 Å². The van der Waals surface area contributed by atoms with E-state index in [-0.39, 0.29) is 11.7 Å². The molecule has 0 aromatic carbocycles. The summed E-state index contributed by atoms with van der Waals surface area (Å²) in [7, 11) is 0. The van der Waals surface area contributed by atoms with E-state index in [0.29, 0.717) is 37.8 Å². The van der Waals surface area contributed by atoms with Gasteiger partial charge in [-0.3, -0.25) is 4.79 Å². The van der Waals surface area contributed by atoms with Gasteiger partial charge in [0, 0.05) is 44.8 Å². The Labute approximate surface area is 153 Å². The van der Waals surface area contributed by atoms with Crippen LogP contribution in [0, 0.1) is 0 Å². The first kappa shape index (κ1) is 18.6. The number of hydrogen-bond donors (Lipinski definition) is 1. The van der Waals surface area contributed by atoms with Gasteiger partial charge in [-0.05, 0) is 18.2 Å². The van der Waals surface area contributed by atoms with Crippen molar-refractivity contribution in [2.75, 3.05) is 36.4 Å². The van der Waals surface area contributed by atoms with Crippen LogP contribution in [0.5, 0.6) is 0 Å². The van der Waals surface area contributed by atoms with Crippen LogP contribution in [0.4, 0.5) is 30.6 Å². The maximum absolute atomic E-state index is 12.6. The highest BCUT2D eigenvalue weighted by molar-refractivity contribution is 5.87. The van der Waals surface area contributed by atoms with Gasteiger partial charge in [-0.1, -0.05) is 6.58 Å². The van der Waals surface area contributed by atoms with Crippen molar-refractivity contribution in [3.63, 3.8) is 0 Å². The van der Waals surface area contributed by atoms with Gasteiger partial charge in [0.25, 0.3) is 0 Å². The van der Waals surface area contributed by atoms with Crippen molar-refractivity contribution in [3.05, 3.63) is 48.9 Å². The minimum atomic E-state index is -4.44. The lowest BCUT2D eigenvalue weighted by atomic mass is 10.2. The van der Waals surface area contributed by atoms with Crippen LogP contribution in [0.2, 0.25) is 0 Å². The quantitative estimate of drug-likeness (QED) is 0.824. The number of aromatic nitrogens is 3. The molecule has 0 radical (unpaired) electrons. The van der Waals surface area contributed by atoms with E-state index in [9.17, 15) is 18.0 Å². The monoisotopic (exact) mass is 378 g/mol. The molecule has 0 aliphatic carbocycles. The topological polar surface area (TPSA) is 74.2 Å². The van der Waals surface area contributed by atoms with Crippen LogP contribution in [0.3, 0.4) is 0 Å². The molecular weight excluding hydrogens is 361 g/mol. The lowest BCUT2D eigenvalue weighted by molar-refractivity contribution is -0.137. The van der Waals surface area contributed by atoms with Gasteiger partial charge in [-0.2, -0.15) is 13.2 Å². The van der Waals surface area contributed by atoms with Gasteiger partial charge in [0.2, 0.25) is 5.91 Å². The zero-order valence-corrected chi connectivity index (χ0v) is 14.3. The molecule has 1 amide bonds. The zero-order chi connectivity index (χ0) is 19.4. The van der Waals surface area contributed by atoms with Crippen LogP contribution < -0.4 is 10.2 Å². The van der Waals surface area contributed by atoms with Crippen molar-refractivity contribution in [3.8, 4) is 0 Å². The van der Waals surface area contributed by atoms with Gasteiger partial charge in [0.15, 0.2) is 11.6 Å². The molecule has 0 bridgehead atoms. The summed E-state index contributed by atoms with van der Waals surface area (Å²) in [5, 5.41) is 2.90. The fraction of sp³-hybridized carbons (Fsp3) is 0.294. The van der Waals surface area contributed by atoms with E-state index in [2.05, 4.69) is 26.8 Å². The fourth-order valence-electron chi connectivity index (χ4n) is 2.67. The SMILES string of the molecule is C=CC(=O)N1CCN(c2nccnc2Nc2ccc(C(F)(F)F)cn2)CC1. The molecule has 1 aliphatic rings.